The molecule has 0 amide bonds. The van der Waals surface area contributed by atoms with Gasteiger partial charge in [0.1, 0.15) is 6.10 Å². The van der Waals surface area contributed by atoms with Crippen molar-refractivity contribution in [2.24, 2.45) is 28.6 Å². The molecule has 0 heterocycles. The molecule has 188 valence electrons. The summed E-state index contributed by atoms with van der Waals surface area (Å²) in [5, 5.41) is 0. The zero-order valence-corrected chi connectivity index (χ0v) is 21.1. The summed E-state index contributed by atoms with van der Waals surface area (Å²) < 4.78 is 16.5. The largest absolute Gasteiger partial charge is 0.462 e. The van der Waals surface area contributed by atoms with E-state index in [1.165, 1.54) is 26.3 Å². The molecule has 7 heteroatoms. The first kappa shape index (κ1) is 24.9. The van der Waals surface area contributed by atoms with E-state index in [1.807, 2.05) is 0 Å². The molecule has 0 saturated heterocycles. The van der Waals surface area contributed by atoms with Crippen molar-refractivity contribution in [2.45, 2.75) is 97.7 Å². The molecule has 7 nitrogen and oxygen atoms in total. The molecular weight excluding hydrogens is 436 g/mol. The minimum absolute atomic E-state index is 0.0378. The third kappa shape index (κ3) is 3.89. The van der Waals surface area contributed by atoms with Crippen LogP contribution in [0.15, 0.2) is 11.6 Å². The normalized spacial score (nSPS) is 40.7. The van der Waals surface area contributed by atoms with E-state index in [0.29, 0.717) is 18.3 Å². The third-order valence-electron chi connectivity index (χ3n) is 9.69. The Hall–Kier alpha value is -2.18. The predicted molar refractivity (Wildman–Crippen MR) is 123 cm³/mol. The molecule has 0 aromatic rings. The minimum atomic E-state index is -1.25. The van der Waals surface area contributed by atoms with Gasteiger partial charge >= 0.3 is 17.9 Å². The third-order valence-corrected chi connectivity index (χ3v) is 9.69. The summed E-state index contributed by atoms with van der Waals surface area (Å²) in [6, 6.07) is 0. The van der Waals surface area contributed by atoms with E-state index in [2.05, 4.69) is 19.9 Å². The first-order valence-electron chi connectivity index (χ1n) is 12.7. The molecule has 0 radical (unpaired) electrons. The summed E-state index contributed by atoms with van der Waals surface area (Å²) in [5.41, 5.74) is -0.268. The zero-order valence-electron chi connectivity index (χ0n) is 21.1. The molecule has 0 aromatic heterocycles. The SMILES string of the molecule is CC(=O)OCC(=O)[C@@]1(OC(C)=O)CC[C@@H]2[C@@H]3CC=C4C[C@@H](OC(C)=O)CC[C@]4(C)[C@H]3CC[C@@]21C. The van der Waals surface area contributed by atoms with Crippen molar-refractivity contribution in [2.75, 3.05) is 6.61 Å². The lowest BCUT2D eigenvalue weighted by molar-refractivity contribution is -0.190. The first-order valence-corrected chi connectivity index (χ1v) is 12.7. The topological polar surface area (TPSA) is 96.0 Å². The van der Waals surface area contributed by atoms with Crippen molar-refractivity contribution in [1.29, 1.82) is 0 Å². The van der Waals surface area contributed by atoms with Crippen LogP contribution in [-0.4, -0.2) is 42.0 Å². The highest BCUT2D eigenvalue weighted by atomic mass is 16.6. The van der Waals surface area contributed by atoms with Crippen LogP contribution in [0.2, 0.25) is 0 Å². The molecule has 0 aliphatic heterocycles. The molecule has 34 heavy (non-hydrogen) atoms. The Morgan fingerprint density at radius 3 is 2.26 bits per heavy atom. The van der Waals surface area contributed by atoms with Gasteiger partial charge in [0.15, 0.2) is 12.2 Å². The minimum Gasteiger partial charge on any atom is -0.462 e. The summed E-state index contributed by atoms with van der Waals surface area (Å²) in [5.74, 6) is -0.382. The van der Waals surface area contributed by atoms with Crippen molar-refractivity contribution in [3.8, 4) is 0 Å². The van der Waals surface area contributed by atoms with Gasteiger partial charge in [-0.1, -0.05) is 25.5 Å². The Kier molecular flexibility index (Phi) is 6.45. The van der Waals surface area contributed by atoms with Crippen LogP contribution in [0.5, 0.6) is 0 Å². The Morgan fingerprint density at radius 2 is 1.62 bits per heavy atom. The Bertz CT molecular complexity index is 922. The maximum atomic E-state index is 13.4. The smallest absolute Gasteiger partial charge is 0.303 e. The molecule has 7 atom stereocenters. The summed E-state index contributed by atoms with van der Waals surface area (Å²) in [7, 11) is 0. The number of allylic oxidation sites excluding steroid dienone is 1. The van der Waals surface area contributed by atoms with E-state index >= 15 is 0 Å². The summed E-state index contributed by atoms with van der Waals surface area (Å²) in [4.78, 5) is 48.5. The maximum Gasteiger partial charge on any atom is 0.303 e. The summed E-state index contributed by atoms with van der Waals surface area (Å²) >= 11 is 0. The van der Waals surface area contributed by atoms with Crippen LogP contribution in [0.25, 0.3) is 0 Å². The van der Waals surface area contributed by atoms with Crippen LogP contribution in [0.1, 0.15) is 86.0 Å². The summed E-state index contributed by atoms with van der Waals surface area (Å²) in [6.07, 6.45) is 8.93. The highest BCUT2D eigenvalue weighted by molar-refractivity contribution is 5.93. The molecule has 3 fully saturated rings. The lowest BCUT2D eigenvalue weighted by Crippen LogP contribution is -2.59. The number of carbonyl (C=O) groups is 4. The summed E-state index contributed by atoms with van der Waals surface area (Å²) in [6.45, 7) is 8.20. The molecular formula is C27H38O7. The zero-order chi connectivity index (χ0) is 24.9. The first-order chi connectivity index (χ1) is 15.9. The average molecular weight is 475 g/mol. The monoisotopic (exact) mass is 474 g/mol. The second kappa shape index (κ2) is 8.80. The Morgan fingerprint density at radius 1 is 0.912 bits per heavy atom. The fraction of sp³-hybridized carbons (Fsp3) is 0.778. The van der Waals surface area contributed by atoms with Crippen molar-refractivity contribution >= 4 is 23.7 Å². The number of Topliss-reactive ketones (excluding diaryl/α,β-unsaturated/α-hetero) is 1. The molecule has 3 saturated carbocycles. The van der Waals surface area contributed by atoms with Crippen LogP contribution in [-0.2, 0) is 33.4 Å². The fourth-order valence-corrected chi connectivity index (χ4v) is 8.17. The number of hydrogen-bond donors (Lipinski definition) is 0. The number of esters is 3. The number of fused-ring (bicyclic) bond motifs is 5. The lowest BCUT2D eigenvalue weighted by Gasteiger charge is -2.59. The van der Waals surface area contributed by atoms with Gasteiger partial charge in [0.05, 0.1) is 0 Å². The van der Waals surface area contributed by atoms with Crippen LogP contribution in [0.4, 0.5) is 0 Å². The van der Waals surface area contributed by atoms with E-state index in [0.717, 1.165) is 44.9 Å². The van der Waals surface area contributed by atoms with E-state index in [4.69, 9.17) is 14.2 Å². The molecule has 0 spiro atoms. The van der Waals surface area contributed by atoms with E-state index in [1.54, 1.807) is 0 Å². The van der Waals surface area contributed by atoms with Gasteiger partial charge in [-0.3, -0.25) is 19.2 Å². The number of hydrogen-bond acceptors (Lipinski definition) is 7. The fourth-order valence-electron chi connectivity index (χ4n) is 8.17. The number of ether oxygens (including phenoxy) is 3. The highest BCUT2D eigenvalue weighted by Gasteiger charge is 2.68. The van der Waals surface area contributed by atoms with Crippen LogP contribution < -0.4 is 0 Å². The molecule has 0 N–H and O–H groups in total. The quantitative estimate of drug-likeness (QED) is 0.333. The van der Waals surface area contributed by atoms with Crippen molar-refractivity contribution < 1.29 is 33.4 Å². The number of ketones is 1. The molecule has 4 aliphatic carbocycles. The van der Waals surface area contributed by atoms with Gasteiger partial charge in [0.2, 0.25) is 5.78 Å². The second-order valence-corrected chi connectivity index (χ2v) is 11.4. The highest BCUT2D eigenvalue weighted by Crippen LogP contribution is 2.68. The van der Waals surface area contributed by atoms with Gasteiger partial charge in [0, 0.05) is 32.6 Å². The number of carbonyl (C=O) groups excluding carboxylic acids is 4. The van der Waals surface area contributed by atoms with Crippen molar-refractivity contribution in [3.63, 3.8) is 0 Å². The van der Waals surface area contributed by atoms with Gasteiger partial charge in [0.25, 0.3) is 0 Å². The van der Waals surface area contributed by atoms with Crippen molar-refractivity contribution in [3.05, 3.63) is 11.6 Å². The lowest BCUT2D eigenvalue weighted by atomic mass is 9.46. The van der Waals surface area contributed by atoms with Crippen LogP contribution in [0.3, 0.4) is 0 Å². The predicted octanol–water partition coefficient (Wildman–Crippen LogP) is 4.32. The van der Waals surface area contributed by atoms with Gasteiger partial charge in [-0.15, -0.1) is 0 Å². The molecule has 0 unspecified atom stereocenters. The van der Waals surface area contributed by atoms with Gasteiger partial charge in [-0.25, -0.2) is 0 Å². The van der Waals surface area contributed by atoms with Gasteiger partial charge in [-0.2, -0.15) is 0 Å². The van der Waals surface area contributed by atoms with E-state index in [-0.39, 0.29) is 35.8 Å². The Labute approximate surface area is 202 Å². The molecule has 0 bridgehead atoms. The van der Waals surface area contributed by atoms with Gasteiger partial charge in [-0.05, 0) is 68.1 Å². The van der Waals surface area contributed by atoms with Crippen molar-refractivity contribution in [1.82, 2.24) is 0 Å². The second-order valence-electron chi connectivity index (χ2n) is 11.4. The average Bonchev–Trinajstić information content (AvgIpc) is 3.04. The van der Waals surface area contributed by atoms with Gasteiger partial charge < -0.3 is 14.2 Å². The molecule has 4 aliphatic rings. The van der Waals surface area contributed by atoms with E-state index in [9.17, 15) is 19.2 Å². The van der Waals surface area contributed by atoms with E-state index < -0.39 is 23.0 Å². The number of rotatable bonds is 5. The van der Waals surface area contributed by atoms with Crippen LogP contribution in [0, 0.1) is 28.6 Å². The Balaban J connectivity index is 1.62. The molecule has 0 aromatic carbocycles. The standard InChI is InChI=1S/C27H38O7/c1-16(28)32-15-24(31)27(34-18(3)30)13-10-23-21-7-6-19-14-20(33-17(2)29)8-11-25(19,4)22(21)9-12-26(23,27)5/h6,20-23H,7-15H2,1-5H3/t20-,21+,22-,23+,25-,26-,27-/m0/s1. The van der Waals surface area contributed by atoms with Crippen LogP contribution >= 0.6 is 0 Å². The maximum absolute atomic E-state index is 13.4. The molecule has 4 rings (SSSR count).